The molecule has 0 atom stereocenters. The van der Waals surface area contributed by atoms with Crippen LogP contribution in [0.4, 0.5) is 0 Å². The van der Waals surface area contributed by atoms with Crippen LogP contribution in [0.1, 0.15) is 15.9 Å². The van der Waals surface area contributed by atoms with Crippen LogP contribution >= 0.6 is 0 Å². The summed E-state index contributed by atoms with van der Waals surface area (Å²) in [6.45, 7) is 0.297. The number of rotatable bonds is 5. The van der Waals surface area contributed by atoms with E-state index in [9.17, 15) is 10.0 Å². The maximum absolute atomic E-state index is 12.0. The van der Waals surface area contributed by atoms with E-state index in [1.54, 1.807) is 20.3 Å². The van der Waals surface area contributed by atoms with Gasteiger partial charge in [0.05, 0.1) is 19.8 Å². The monoisotopic (exact) mass is 288 g/mol. The summed E-state index contributed by atoms with van der Waals surface area (Å²) < 4.78 is 11.1. The van der Waals surface area contributed by atoms with Gasteiger partial charge in [-0.2, -0.15) is 4.73 Å². The zero-order valence-corrected chi connectivity index (χ0v) is 11.8. The highest BCUT2D eigenvalue weighted by molar-refractivity contribution is 5.93. The van der Waals surface area contributed by atoms with E-state index in [1.165, 1.54) is 24.5 Å². The van der Waals surface area contributed by atoms with Gasteiger partial charge in [-0.05, 0) is 6.07 Å². The van der Waals surface area contributed by atoms with Crippen molar-refractivity contribution in [2.24, 2.45) is 0 Å². The van der Waals surface area contributed by atoms with Crippen molar-refractivity contribution in [1.29, 1.82) is 0 Å². The molecule has 1 aromatic carbocycles. The number of hydrogen-bond donors (Lipinski definition) is 1. The molecule has 2 rings (SSSR count). The lowest BCUT2D eigenvalue weighted by Crippen LogP contribution is -2.27. The van der Waals surface area contributed by atoms with Crippen LogP contribution in [0.3, 0.4) is 0 Å². The minimum absolute atomic E-state index is 0.263. The lowest BCUT2D eigenvalue weighted by molar-refractivity contribution is -0.605. The molecule has 6 heteroatoms. The third-order valence-electron chi connectivity index (χ3n) is 2.99. The summed E-state index contributed by atoms with van der Waals surface area (Å²) in [6.07, 6.45) is 2.56. The first-order valence-electron chi connectivity index (χ1n) is 6.32. The van der Waals surface area contributed by atoms with Crippen molar-refractivity contribution < 1.29 is 19.0 Å². The van der Waals surface area contributed by atoms with Gasteiger partial charge in [0, 0.05) is 24.2 Å². The van der Waals surface area contributed by atoms with Crippen LogP contribution in [0.2, 0.25) is 0 Å². The molecule has 1 N–H and O–H groups in total. The Kier molecular flexibility index (Phi) is 4.61. The summed E-state index contributed by atoms with van der Waals surface area (Å²) in [5.41, 5.74) is 1.23. The van der Waals surface area contributed by atoms with E-state index in [0.717, 1.165) is 5.56 Å². The number of nitrogens with zero attached hydrogens (tertiary/aromatic N) is 1. The first-order chi connectivity index (χ1) is 10.2. The summed E-state index contributed by atoms with van der Waals surface area (Å²) in [5.74, 6) is 0.933. The largest absolute Gasteiger partial charge is 0.619 e. The third-order valence-corrected chi connectivity index (χ3v) is 2.99. The maximum Gasteiger partial charge on any atom is 0.252 e. The SMILES string of the molecule is COc1cccc(CNC(=O)c2cc[n+]([O-])cc2)c1OC. The molecule has 21 heavy (non-hydrogen) atoms. The molecular weight excluding hydrogens is 272 g/mol. The van der Waals surface area contributed by atoms with Gasteiger partial charge >= 0.3 is 0 Å². The van der Waals surface area contributed by atoms with Gasteiger partial charge in [-0.15, -0.1) is 0 Å². The van der Waals surface area contributed by atoms with Gasteiger partial charge in [-0.1, -0.05) is 12.1 Å². The van der Waals surface area contributed by atoms with Crippen LogP contribution in [0, 0.1) is 5.21 Å². The van der Waals surface area contributed by atoms with Gasteiger partial charge in [0.1, 0.15) is 0 Å². The van der Waals surface area contributed by atoms with Crippen LogP contribution in [0.25, 0.3) is 0 Å². The molecule has 0 unspecified atom stereocenters. The summed E-state index contributed by atoms with van der Waals surface area (Å²) in [5, 5.41) is 13.7. The van der Waals surface area contributed by atoms with E-state index in [-0.39, 0.29) is 5.91 Å². The molecule has 0 radical (unpaired) electrons. The zero-order valence-electron chi connectivity index (χ0n) is 11.8. The number of pyridine rings is 1. The van der Waals surface area contributed by atoms with Crippen molar-refractivity contribution in [2.75, 3.05) is 14.2 Å². The van der Waals surface area contributed by atoms with E-state index in [2.05, 4.69) is 5.32 Å². The highest BCUT2D eigenvalue weighted by atomic mass is 16.5. The van der Waals surface area contributed by atoms with Gasteiger partial charge < -0.3 is 20.0 Å². The van der Waals surface area contributed by atoms with Gasteiger partial charge in [-0.3, -0.25) is 4.79 Å². The number of hydrogen-bond acceptors (Lipinski definition) is 4. The van der Waals surface area contributed by atoms with E-state index >= 15 is 0 Å². The minimum atomic E-state index is -0.263. The number of methoxy groups -OCH3 is 2. The molecule has 0 saturated carbocycles. The molecule has 0 fully saturated rings. The highest BCUT2D eigenvalue weighted by Gasteiger charge is 2.11. The fraction of sp³-hybridized carbons (Fsp3) is 0.200. The molecule has 1 aromatic heterocycles. The van der Waals surface area contributed by atoms with Crippen molar-refractivity contribution in [3.8, 4) is 11.5 Å². The van der Waals surface area contributed by atoms with Crippen LogP contribution in [0.5, 0.6) is 11.5 Å². The second-order valence-corrected chi connectivity index (χ2v) is 4.28. The molecule has 0 saturated heterocycles. The number of aromatic nitrogens is 1. The Hall–Kier alpha value is -2.76. The average Bonchev–Trinajstić information content (AvgIpc) is 2.52. The van der Waals surface area contributed by atoms with Crippen molar-refractivity contribution in [1.82, 2.24) is 5.32 Å². The smallest absolute Gasteiger partial charge is 0.252 e. The molecule has 1 heterocycles. The Balaban J connectivity index is 2.09. The highest BCUT2D eigenvalue weighted by Crippen LogP contribution is 2.30. The zero-order chi connectivity index (χ0) is 15.2. The Morgan fingerprint density at radius 2 is 1.90 bits per heavy atom. The summed E-state index contributed by atoms with van der Waals surface area (Å²) in [4.78, 5) is 12.0. The van der Waals surface area contributed by atoms with Gasteiger partial charge in [0.2, 0.25) is 0 Å². The number of carbonyl (C=O) groups excluding carboxylic acids is 1. The Morgan fingerprint density at radius 3 is 2.52 bits per heavy atom. The van der Waals surface area contributed by atoms with Gasteiger partial charge in [0.25, 0.3) is 5.91 Å². The Labute approximate surface area is 122 Å². The fourth-order valence-electron chi connectivity index (χ4n) is 1.93. The van der Waals surface area contributed by atoms with Crippen LogP contribution < -0.4 is 19.5 Å². The first kappa shape index (κ1) is 14.6. The van der Waals surface area contributed by atoms with Crippen LogP contribution in [-0.4, -0.2) is 20.1 Å². The lowest BCUT2D eigenvalue weighted by Gasteiger charge is -2.13. The van der Waals surface area contributed by atoms with Gasteiger partial charge in [-0.25, -0.2) is 0 Å². The fourth-order valence-corrected chi connectivity index (χ4v) is 1.93. The molecule has 0 spiro atoms. The van der Waals surface area contributed by atoms with Crippen LogP contribution in [0.15, 0.2) is 42.7 Å². The van der Waals surface area contributed by atoms with E-state index in [1.807, 2.05) is 12.1 Å². The standard InChI is InChI=1S/C15H16N2O4/c1-20-13-5-3-4-12(14(13)21-2)10-16-15(18)11-6-8-17(19)9-7-11/h3-9H,10H2,1-2H3,(H,16,18). The molecule has 6 nitrogen and oxygen atoms in total. The Morgan fingerprint density at radius 1 is 1.19 bits per heavy atom. The molecule has 1 amide bonds. The second kappa shape index (κ2) is 6.60. The molecular formula is C15H16N2O4. The normalized spacial score (nSPS) is 10.0. The molecule has 0 aliphatic carbocycles. The first-order valence-corrected chi connectivity index (χ1v) is 6.32. The summed E-state index contributed by atoms with van der Waals surface area (Å²) >= 11 is 0. The summed E-state index contributed by atoms with van der Waals surface area (Å²) in [6, 6.07) is 8.38. The lowest BCUT2D eigenvalue weighted by atomic mass is 10.1. The van der Waals surface area contributed by atoms with Crippen molar-refractivity contribution in [3.05, 3.63) is 59.1 Å². The Bertz CT molecular complexity index is 626. The number of ether oxygens (including phenoxy) is 2. The van der Waals surface area contributed by atoms with E-state index in [0.29, 0.717) is 28.3 Å². The molecule has 0 bridgehead atoms. The minimum Gasteiger partial charge on any atom is -0.619 e. The maximum atomic E-state index is 12.0. The predicted molar refractivity (Wildman–Crippen MR) is 76.1 cm³/mol. The molecule has 0 aliphatic heterocycles. The number of para-hydroxylation sites is 1. The molecule has 0 aliphatic rings. The number of carbonyl (C=O) groups is 1. The quantitative estimate of drug-likeness (QED) is 0.664. The molecule has 2 aromatic rings. The second-order valence-electron chi connectivity index (χ2n) is 4.28. The van der Waals surface area contributed by atoms with Crippen molar-refractivity contribution >= 4 is 5.91 Å². The topological polar surface area (TPSA) is 74.5 Å². The van der Waals surface area contributed by atoms with Gasteiger partial charge in [0.15, 0.2) is 23.9 Å². The number of nitrogens with one attached hydrogen (secondary N) is 1. The van der Waals surface area contributed by atoms with Crippen LogP contribution in [-0.2, 0) is 6.54 Å². The number of benzene rings is 1. The summed E-state index contributed by atoms with van der Waals surface area (Å²) in [7, 11) is 3.11. The van der Waals surface area contributed by atoms with Crippen molar-refractivity contribution in [2.45, 2.75) is 6.54 Å². The number of amides is 1. The molecule has 110 valence electrons. The predicted octanol–water partition coefficient (Wildman–Crippen LogP) is 1.27. The van der Waals surface area contributed by atoms with Crippen molar-refractivity contribution in [3.63, 3.8) is 0 Å². The van der Waals surface area contributed by atoms with E-state index in [4.69, 9.17) is 9.47 Å². The van der Waals surface area contributed by atoms with E-state index < -0.39 is 0 Å². The third kappa shape index (κ3) is 3.42. The average molecular weight is 288 g/mol.